The molecule has 1 aliphatic heterocycles. The van der Waals surface area contributed by atoms with Crippen molar-refractivity contribution in [1.29, 1.82) is 0 Å². The number of rotatable bonds is 8. The fourth-order valence-electron chi connectivity index (χ4n) is 8.86. The molecule has 8 nitrogen and oxygen atoms in total. The van der Waals surface area contributed by atoms with Crippen molar-refractivity contribution in [3.63, 3.8) is 0 Å². The van der Waals surface area contributed by atoms with Crippen LogP contribution in [0.5, 0.6) is 0 Å². The largest absolute Gasteiger partial charge is 0.461 e. The topological polar surface area (TPSA) is 119 Å². The lowest BCUT2D eigenvalue weighted by molar-refractivity contribution is -0.205. The van der Waals surface area contributed by atoms with E-state index in [9.17, 15) is 19.5 Å². The van der Waals surface area contributed by atoms with Gasteiger partial charge in [0.15, 0.2) is 0 Å². The number of ketones is 1. The van der Waals surface area contributed by atoms with E-state index >= 15 is 0 Å². The van der Waals surface area contributed by atoms with Crippen LogP contribution in [0.25, 0.3) is 0 Å². The SMILES string of the molecule is C=C[C@]1(C)C[C@@H](OC(=O)CSCC2CN(C(=O)[C@H](N)C3CC3)CCO2)[C@]2(C)C(C)CC[C@]3(CCC(=O)C32)[C@@H](C)[C@@H]1O. The zero-order valence-electron chi connectivity index (χ0n) is 25.3. The maximum absolute atomic E-state index is 13.6. The zero-order valence-corrected chi connectivity index (χ0v) is 26.1. The summed E-state index contributed by atoms with van der Waals surface area (Å²) >= 11 is 1.45. The smallest absolute Gasteiger partial charge is 0.316 e. The van der Waals surface area contributed by atoms with Gasteiger partial charge in [0, 0.05) is 42.0 Å². The highest BCUT2D eigenvalue weighted by Gasteiger charge is 2.68. The molecule has 5 fully saturated rings. The van der Waals surface area contributed by atoms with Crippen LogP contribution in [0.2, 0.25) is 0 Å². The van der Waals surface area contributed by atoms with Crippen molar-refractivity contribution in [3.8, 4) is 0 Å². The predicted molar refractivity (Wildman–Crippen MR) is 159 cm³/mol. The third kappa shape index (κ3) is 5.42. The molecule has 1 saturated heterocycles. The van der Waals surface area contributed by atoms with Crippen LogP contribution in [0, 0.1) is 39.9 Å². The number of carbonyl (C=O) groups is 3. The number of nitrogens with two attached hydrogens (primary N) is 1. The Bertz CT molecular complexity index is 1050. The summed E-state index contributed by atoms with van der Waals surface area (Å²) in [7, 11) is 0. The number of amides is 1. The van der Waals surface area contributed by atoms with Crippen molar-refractivity contribution in [3.05, 3.63) is 12.7 Å². The van der Waals surface area contributed by atoms with Crippen molar-refractivity contribution >= 4 is 29.4 Å². The van der Waals surface area contributed by atoms with Gasteiger partial charge < -0.3 is 25.2 Å². The summed E-state index contributed by atoms with van der Waals surface area (Å²) in [5.41, 5.74) is 4.70. The van der Waals surface area contributed by atoms with E-state index in [1.54, 1.807) is 0 Å². The lowest BCUT2D eigenvalue weighted by Gasteiger charge is -2.61. The lowest BCUT2D eigenvalue weighted by atomic mass is 9.44. The molecule has 9 heteroatoms. The molecule has 0 aromatic heterocycles. The van der Waals surface area contributed by atoms with Crippen LogP contribution in [0.1, 0.15) is 72.6 Å². The molecule has 1 amide bonds. The number of hydrogen-bond donors (Lipinski definition) is 2. The Hall–Kier alpha value is -1.42. The number of Topliss-reactive ketones (excluding diaryl/α,β-unsaturated/α-hetero) is 1. The zero-order chi connectivity index (χ0) is 29.7. The van der Waals surface area contributed by atoms with E-state index in [-0.39, 0.29) is 52.7 Å². The number of aliphatic hydroxyl groups excluding tert-OH is 1. The maximum atomic E-state index is 13.6. The predicted octanol–water partition coefficient (Wildman–Crippen LogP) is 3.59. The number of morpholine rings is 1. The van der Waals surface area contributed by atoms with Crippen molar-refractivity contribution in [2.75, 3.05) is 31.2 Å². The molecule has 4 aliphatic carbocycles. The van der Waals surface area contributed by atoms with Gasteiger partial charge in [0.25, 0.3) is 0 Å². The molecule has 2 bridgehead atoms. The van der Waals surface area contributed by atoms with Gasteiger partial charge in [0.2, 0.25) is 5.91 Å². The maximum Gasteiger partial charge on any atom is 0.316 e. The minimum atomic E-state index is -0.677. The Labute approximate surface area is 249 Å². The van der Waals surface area contributed by atoms with Crippen LogP contribution in [0.15, 0.2) is 12.7 Å². The number of carbonyl (C=O) groups excluding carboxylic acids is 3. The number of hydrogen-bond acceptors (Lipinski definition) is 8. The van der Waals surface area contributed by atoms with Crippen LogP contribution in [-0.4, -0.2) is 83.2 Å². The summed E-state index contributed by atoms with van der Waals surface area (Å²) < 4.78 is 12.2. The van der Waals surface area contributed by atoms with E-state index in [1.165, 1.54) is 11.8 Å². The summed E-state index contributed by atoms with van der Waals surface area (Å²) in [6, 6.07) is -0.419. The first-order valence-corrected chi connectivity index (χ1v) is 16.8. The summed E-state index contributed by atoms with van der Waals surface area (Å²) in [5.74, 6) is 0.896. The number of ether oxygens (including phenoxy) is 2. The Morgan fingerprint density at radius 1 is 1.27 bits per heavy atom. The molecular formula is C32H50N2O6S. The fraction of sp³-hybridized carbons (Fsp3) is 0.844. The van der Waals surface area contributed by atoms with Crippen LogP contribution >= 0.6 is 11.8 Å². The monoisotopic (exact) mass is 590 g/mol. The minimum Gasteiger partial charge on any atom is -0.461 e. The Morgan fingerprint density at radius 2 is 2.00 bits per heavy atom. The standard InChI is InChI=1S/C32H50N2O6S/c1-6-30(4)15-24(31(5)19(2)9-11-32(20(3)28(30)37)12-10-23(35)27(31)32)40-25(36)18-41-17-22-16-34(13-14-39-22)29(38)26(33)21-7-8-21/h6,19-22,24,26-28,37H,1,7-18,33H2,2-5H3/t19?,20-,22?,24+,26+,27?,28-,30+,31-,32-/m0/s1. The second-order valence-corrected chi connectivity index (χ2v) is 15.2. The van der Waals surface area contributed by atoms with Crippen molar-refractivity contribution in [2.24, 2.45) is 45.7 Å². The first-order valence-electron chi connectivity index (χ1n) is 15.6. The molecule has 230 valence electrons. The van der Waals surface area contributed by atoms with E-state index in [2.05, 4.69) is 27.4 Å². The van der Waals surface area contributed by atoms with Crippen molar-refractivity contribution in [2.45, 2.75) is 97.0 Å². The summed E-state index contributed by atoms with van der Waals surface area (Å²) in [4.78, 5) is 41.5. The number of aliphatic hydroxyl groups is 1. The van der Waals surface area contributed by atoms with Gasteiger partial charge in [-0.1, -0.05) is 33.8 Å². The molecular weight excluding hydrogens is 540 g/mol. The van der Waals surface area contributed by atoms with E-state index < -0.39 is 29.1 Å². The normalized spacial score (nSPS) is 43.5. The molecule has 0 aromatic carbocycles. The average Bonchev–Trinajstić information content (AvgIpc) is 3.75. The summed E-state index contributed by atoms with van der Waals surface area (Å²) in [6.45, 7) is 14.1. The van der Waals surface area contributed by atoms with E-state index in [1.807, 2.05) is 17.9 Å². The number of esters is 1. The van der Waals surface area contributed by atoms with Crippen LogP contribution in [0.3, 0.4) is 0 Å². The molecule has 0 spiro atoms. The second-order valence-electron chi connectivity index (χ2n) is 14.2. The fourth-order valence-corrected chi connectivity index (χ4v) is 9.67. The van der Waals surface area contributed by atoms with Crippen molar-refractivity contribution in [1.82, 2.24) is 4.90 Å². The Morgan fingerprint density at radius 3 is 2.68 bits per heavy atom. The highest BCUT2D eigenvalue weighted by molar-refractivity contribution is 7.99. The minimum absolute atomic E-state index is 0.00338. The quantitative estimate of drug-likeness (QED) is 0.325. The first kappa shape index (κ1) is 31.0. The third-order valence-electron chi connectivity index (χ3n) is 12.0. The molecule has 0 radical (unpaired) electrons. The third-order valence-corrected chi connectivity index (χ3v) is 13.0. The second kappa shape index (κ2) is 11.6. The van der Waals surface area contributed by atoms with Gasteiger partial charge in [-0.15, -0.1) is 18.3 Å². The molecule has 4 saturated carbocycles. The number of thioether (sulfide) groups is 1. The molecule has 0 aromatic rings. The van der Waals surface area contributed by atoms with Crippen LogP contribution in [0.4, 0.5) is 0 Å². The molecule has 41 heavy (non-hydrogen) atoms. The molecule has 3 N–H and O–H groups in total. The average molecular weight is 591 g/mol. The lowest BCUT2D eigenvalue weighted by Crippen LogP contribution is -2.63. The number of nitrogens with zero attached hydrogens (tertiary/aromatic N) is 1. The van der Waals surface area contributed by atoms with Crippen LogP contribution < -0.4 is 5.73 Å². The van der Waals surface area contributed by atoms with Gasteiger partial charge in [-0.3, -0.25) is 14.4 Å². The molecule has 10 atom stereocenters. The molecule has 1 heterocycles. The van der Waals surface area contributed by atoms with Gasteiger partial charge >= 0.3 is 5.97 Å². The van der Waals surface area contributed by atoms with Gasteiger partial charge in [-0.05, 0) is 61.7 Å². The summed E-state index contributed by atoms with van der Waals surface area (Å²) in [6.07, 6.45) is 6.13. The Balaban J connectivity index is 1.27. The highest BCUT2D eigenvalue weighted by atomic mass is 32.2. The van der Waals surface area contributed by atoms with Gasteiger partial charge in [0.1, 0.15) is 11.9 Å². The van der Waals surface area contributed by atoms with E-state index in [0.29, 0.717) is 44.2 Å². The first-order chi connectivity index (χ1) is 19.4. The van der Waals surface area contributed by atoms with E-state index in [4.69, 9.17) is 15.2 Å². The highest BCUT2D eigenvalue weighted by Crippen LogP contribution is 2.68. The molecule has 3 unspecified atom stereocenters. The Kier molecular flexibility index (Phi) is 8.76. The molecule has 5 aliphatic rings. The summed E-state index contributed by atoms with van der Waals surface area (Å²) in [5, 5.41) is 11.7. The van der Waals surface area contributed by atoms with Gasteiger partial charge in [-0.25, -0.2) is 0 Å². The van der Waals surface area contributed by atoms with Gasteiger partial charge in [0.05, 0.1) is 30.6 Å². The van der Waals surface area contributed by atoms with E-state index in [0.717, 1.165) is 32.1 Å². The molecule has 5 rings (SSSR count). The van der Waals surface area contributed by atoms with Crippen LogP contribution in [-0.2, 0) is 23.9 Å². The van der Waals surface area contributed by atoms with Gasteiger partial charge in [-0.2, -0.15) is 0 Å². The van der Waals surface area contributed by atoms with Crippen molar-refractivity contribution < 1.29 is 29.0 Å².